The van der Waals surface area contributed by atoms with Crippen molar-refractivity contribution in [3.8, 4) is 51.6 Å². The number of aromatic hydroxyl groups is 5. The first-order valence-corrected chi connectivity index (χ1v) is 16.6. The molecular weight excluding hydrogens is 720 g/mol. The van der Waals surface area contributed by atoms with Crippen molar-refractivity contribution in [3.05, 3.63) is 112 Å². The molecule has 0 bridgehead atoms. The SMILES string of the molecule is COc1ccc(-c2oc3cc(O)cc(O)c3c(=O)c2O[C@@H]2O[C@@H](C)[C@H](OC(=O)/C=C\c3ccc(O)cc3)[C@@H](O)[C@H]2OC(=O)/C=C/c2ccc(O)cc2)cc1O. The summed E-state index contributed by atoms with van der Waals surface area (Å²) < 4.78 is 34.3. The Morgan fingerprint density at radius 3 is 1.87 bits per heavy atom. The van der Waals surface area contributed by atoms with Gasteiger partial charge in [-0.15, -0.1) is 0 Å². The van der Waals surface area contributed by atoms with E-state index >= 15 is 0 Å². The molecule has 1 aromatic heterocycles. The third-order valence-electron chi connectivity index (χ3n) is 8.46. The summed E-state index contributed by atoms with van der Waals surface area (Å²) in [5, 5.41) is 61.7. The molecular formula is C40H34O15. The first-order valence-electron chi connectivity index (χ1n) is 16.6. The minimum atomic E-state index is -1.82. The highest BCUT2D eigenvalue weighted by Crippen LogP contribution is 2.40. The lowest BCUT2D eigenvalue weighted by molar-refractivity contribution is -0.275. The van der Waals surface area contributed by atoms with E-state index in [1.165, 1.54) is 80.8 Å². The van der Waals surface area contributed by atoms with Crippen LogP contribution in [-0.4, -0.2) is 80.4 Å². The van der Waals surface area contributed by atoms with E-state index in [9.17, 15) is 45.0 Å². The minimum absolute atomic E-state index is 0.00215. The van der Waals surface area contributed by atoms with E-state index in [1.807, 2.05) is 0 Å². The summed E-state index contributed by atoms with van der Waals surface area (Å²) in [6.45, 7) is 1.43. The van der Waals surface area contributed by atoms with Gasteiger partial charge in [0.1, 0.15) is 40.1 Å². The molecule has 6 rings (SSSR count). The van der Waals surface area contributed by atoms with Crippen LogP contribution in [0, 0.1) is 0 Å². The fraction of sp³-hybridized carbons (Fsp3) is 0.175. The molecule has 1 aliphatic heterocycles. The standard InChI is InChI=1S/C40H34O15/c1-20-36(53-31(46)15-7-21-3-10-24(41)11-4-21)35(49)39(54-32(47)16-8-22-5-12-25(42)13-6-22)40(51-20)55-38-34(48)33-28(45)18-26(43)19-30(33)52-37(38)23-9-14-29(50-2)27(44)17-23/h3-20,35-36,39-45,49H,1-2H3/b15-7-,16-8+/t20-,35+,36-,39+,40-/m0/s1. The van der Waals surface area contributed by atoms with Crippen LogP contribution in [0.2, 0.25) is 0 Å². The number of hydrogen-bond donors (Lipinski definition) is 6. The lowest BCUT2D eigenvalue weighted by Crippen LogP contribution is -2.61. The summed E-state index contributed by atoms with van der Waals surface area (Å²) in [6.07, 6.45) is -3.12. The van der Waals surface area contributed by atoms with Gasteiger partial charge in [0.2, 0.25) is 17.5 Å². The number of ether oxygens (including phenoxy) is 5. The molecule has 284 valence electrons. The molecule has 6 N–H and O–H groups in total. The van der Waals surface area contributed by atoms with Crippen LogP contribution in [0.4, 0.5) is 0 Å². The summed E-state index contributed by atoms with van der Waals surface area (Å²) in [7, 11) is 1.33. The molecule has 0 amide bonds. The minimum Gasteiger partial charge on any atom is -0.508 e. The molecule has 0 aliphatic carbocycles. The quantitative estimate of drug-likeness (QED) is 0.0836. The Bertz CT molecular complexity index is 2330. The highest BCUT2D eigenvalue weighted by Gasteiger charge is 2.49. The van der Waals surface area contributed by atoms with E-state index in [2.05, 4.69) is 0 Å². The number of carbonyl (C=O) groups excluding carboxylic acids is 2. The predicted molar refractivity (Wildman–Crippen MR) is 194 cm³/mol. The summed E-state index contributed by atoms with van der Waals surface area (Å²) >= 11 is 0. The van der Waals surface area contributed by atoms with E-state index in [0.29, 0.717) is 11.1 Å². The number of methoxy groups -OCH3 is 1. The Balaban J connectivity index is 1.37. The summed E-state index contributed by atoms with van der Waals surface area (Å²) in [4.78, 5) is 40.2. The molecule has 55 heavy (non-hydrogen) atoms. The maximum atomic E-state index is 14.1. The smallest absolute Gasteiger partial charge is 0.331 e. The van der Waals surface area contributed by atoms with E-state index in [0.717, 1.165) is 24.3 Å². The molecule has 15 nitrogen and oxygen atoms in total. The molecule has 5 aromatic rings. The largest absolute Gasteiger partial charge is 0.508 e. The molecule has 0 radical (unpaired) electrons. The number of aliphatic hydroxyl groups is 1. The molecule has 2 heterocycles. The fourth-order valence-electron chi connectivity index (χ4n) is 5.74. The molecule has 0 spiro atoms. The third-order valence-corrected chi connectivity index (χ3v) is 8.46. The monoisotopic (exact) mass is 754 g/mol. The number of hydrogen-bond acceptors (Lipinski definition) is 15. The van der Waals surface area contributed by atoms with Gasteiger partial charge in [0, 0.05) is 29.8 Å². The van der Waals surface area contributed by atoms with Crippen LogP contribution >= 0.6 is 0 Å². The Kier molecular flexibility index (Phi) is 11.0. The number of rotatable bonds is 10. The second kappa shape index (κ2) is 16.0. The zero-order valence-electron chi connectivity index (χ0n) is 29.1. The maximum absolute atomic E-state index is 14.1. The van der Waals surface area contributed by atoms with Crippen molar-refractivity contribution in [2.24, 2.45) is 0 Å². The topological polar surface area (TPSA) is 232 Å². The van der Waals surface area contributed by atoms with Crippen LogP contribution in [0.5, 0.6) is 40.2 Å². The van der Waals surface area contributed by atoms with Gasteiger partial charge >= 0.3 is 11.9 Å². The predicted octanol–water partition coefficient (Wildman–Crippen LogP) is 4.73. The van der Waals surface area contributed by atoms with Crippen molar-refractivity contribution in [3.63, 3.8) is 0 Å². The number of benzene rings is 4. The summed E-state index contributed by atoms with van der Waals surface area (Å²) in [5.41, 5.74) is -0.0961. The molecule has 1 saturated heterocycles. The van der Waals surface area contributed by atoms with Crippen molar-refractivity contribution in [1.82, 2.24) is 0 Å². The number of aliphatic hydroxyl groups excluding tert-OH is 1. The molecule has 1 fully saturated rings. The number of phenolic OH excluding ortho intramolecular Hbond substituents is 5. The van der Waals surface area contributed by atoms with Crippen LogP contribution in [0.3, 0.4) is 0 Å². The summed E-state index contributed by atoms with van der Waals surface area (Å²) in [6, 6.07) is 17.8. The number of esters is 2. The second-order valence-electron chi connectivity index (χ2n) is 12.3. The molecule has 15 heteroatoms. The molecule has 0 saturated carbocycles. The van der Waals surface area contributed by atoms with E-state index < -0.39 is 70.7 Å². The first kappa shape index (κ1) is 37.8. The molecule has 1 aliphatic rings. The Labute approximate surface area is 311 Å². The van der Waals surface area contributed by atoms with E-state index in [1.54, 1.807) is 12.1 Å². The number of fused-ring (bicyclic) bond motifs is 1. The van der Waals surface area contributed by atoms with Gasteiger partial charge in [0.05, 0.1) is 13.2 Å². The van der Waals surface area contributed by atoms with Gasteiger partial charge in [-0.1, -0.05) is 24.3 Å². The van der Waals surface area contributed by atoms with Crippen molar-refractivity contribution in [1.29, 1.82) is 0 Å². The van der Waals surface area contributed by atoms with E-state index in [-0.39, 0.29) is 39.9 Å². The molecule has 4 aromatic carbocycles. The zero-order chi connectivity index (χ0) is 39.4. The first-order chi connectivity index (χ1) is 26.3. The zero-order valence-corrected chi connectivity index (χ0v) is 29.1. The lowest BCUT2D eigenvalue weighted by Gasteiger charge is -2.41. The van der Waals surface area contributed by atoms with Gasteiger partial charge in [-0.25, -0.2) is 9.59 Å². The van der Waals surface area contributed by atoms with Gasteiger partial charge in [-0.05, 0) is 72.7 Å². The summed E-state index contributed by atoms with van der Waals surface area (Å²) in [5.74, 6) is -4.17. The number of phenols is 5. The third kappa shape index (κ3) is 8.48. The number of carbonyl (C=O) groups is 2. The van der Waals surface area contributed by atoms with Crippen molar-refractivity contribution in [2.75, 3.05) is 7.11 Å². The average Bonchev–Trinajstić information content (AvgIpc) is 3.15. The Morgan fingerprint density at radius 1 is 0.727 bits per heavy atom. The lowest BCUT2D eigenvalue weighted by atomic mass is 9.99. The van der Waals surface area contributed by atoms with Crippen LogP contribution in [0.15, 0.2) is 100 Å². The van der Waals surface area contributed by atoms with Crippen molar-refractivity contribution >= 4 is 35.1 Å². The highest BCUT2D eigenvalue weighted by molar-refractivity contribution is 5.89. The van der Waals surface area contributed by atoms with Gasteiger partial charge in [-0.2, -0.15) is 0 Å². The van der Waals surface area contributed by atoms with Crippen LogP contribution in [0.25, 0.3) is 34.4 Å². The van der Waals surface area contributed by atoms with E-state index in [4.69, 9.17) is 28.1 Å². The van der Waals surface area contributed by atoms with Crippen LogP contribution in [-0.2, 0) is 23.8 Å². The van der Waals surface area contributed by atoms with Gasteiger partial charge in [-0.3, -0.25) is 4.79 Å². The maximum Gasteiger partial charge on any atom is 0.331 e. The van der Waals surface area contributed by atoms with Crippen LogP contribution < -0.4 is 14.9 Å². The van der Waals surface area contributed by atoms with Crippen molar-refractivity contribution < 1.29 is 68.3 Å². The second-order valence-corrected chi connectivity index (χ2v) is 12.3. The fourth-order valence-corrected chi connectivity index (χ4v) is 5.74. The Hall–Kier alpha value is -6.97. The van der Waals surface area contributed by atoms with Crippen LogP contribution in [0.1, 0.15) is 18.1 Å². The van der Waals surface area contributed by atoms with Gasteiger partial charge in [0.15, 0.2) is 29.5 Å². The normalized spacial score (nSPS) is 19.7. The van der Waals surface area contributed by atoms with Gasteiger partial charge < -0.3 is 58.7 Å². The molecule has 5 atom stereocenters. The molecule has 0 unspecified atom stereocenters. The van der Waals surface area contributed by atoms with Crippen molar-refractivity contribution in [2.45, 2.75) is 37.6 Å². The highest BCUT2D eigenvalue weighted by atomic mass is 16.7. The van der Waals surface area contributed by atoms with Gasteiger partial charge in [0.25, 0.3) is 0 Å². The Morgan fingerprint density at radius 2 is 1.31 bits per heavy atom. The average molecular weight is 755 g/mol.